The number of pyridine rings is 2. The number of nitrogens with zero attached hydrogens (tertiary/aromatic N) is 4. The van der Waals surface area contributed by atoms with Crippen molar-refractivity contribution in [3.05, 3.63) is 71.0 Å². The number of fused-ring (bicyclic) bond motifs is 1. The van der Waals surface area contributed by atoms with Crippen LogP contribution in [0.2, 0.25) is 0 Å². The summed E-state index contributed by atoms with van der Waals surface area (Å²) in [5.74, 6) is -0.658. The van der Waals surface area contributed by atoms with Gasteiger partial charge in [-0.15, -0.1) is 0 Å². The smallest absolute Gasteiger partial charge is 0.164 e. The van der Waals surface area contributed by atoms with Gasteiger partial charge in [0.05, 0.1) is 39.5 Å². The molecule has 0 fully saturated rings. The Bertz CT molecular complexity index is 1130. The van der Waals surface area contributed by atoms with Crippen molar-refractivity contribution in [2.24, 2.45) is 11.5 Å². The number of hydrogen-bond donors (Lipinski definition) is 4. The number of halogens is 1. The van der Waals surface area contributed by atoms with E-state index in [2.05, 4.69) is 15.3 Å². The average molecular weight is 411 g/mol. The number of nitriles is 1. The molecule has 6 N–H and O–H groups in total. The summed E-state index contributed by atoms with van der Waals surface area (Å²) in [5.41, 5.74) is 10.7. The zero-order valence-corrected chi connectivity index (χ0v) is 16.7. The van der Waals surface area contributed by atoms with Crippen LogP contribution in [0.1, 0.15) is 18.2 Å². The predicted molar refractivity (Wildman–Crippen MR) is 116 cm³/mol. The van der Waals surface area contributed by atoms with Crippen LogP contribution >= 0.6 is 0 Å². The lowest BCUT2D eigenvalue weighted by Crippen LogP contribution is -2.65. The fourth-order valence-corrected chi connectivity index (χ4v) is 3.36. The molecule has 6 radical (unpaired) electrons. The lowest BCUT2D eigenvalue weighted by atomic mass is 9.53. The lowest BCUT2D eigenvalue weighted by Gasteiger charge is -2.55. The van der Waals surface area contributed by atoms with E-state index < -0.39 is 16.8 Å². The minimum absolute atomic E-state index is 0.0167. The highest BCUT2D eigenvalue weighted by Gasteiger charge is 2.46. The number of rotatable bonds is 4. The standard InChI is InChI=1S/C19H17B3FN7O/c1-10(4-11(25)7-24)17(26)30-18(20,21)6-16-13(19(30,22)31)5-12(8-28-16)29-15-2-3-27-9-14(15)23/h2-5,8-9,31H,6,25-26H2,1H3,(H,27,29)/b11-4-,17-10+. The van der Waals surface area contributed by atoms with E-state index in [-0.39, 0.29) is 29.2 Å². The van der Waals surface area contributed by atoms with Gasteiger partial charge >= 0.3 is 0 Å². The van der Waals surface area contributed by atoms with Crippen molar-refractivity contribution >= 4 is 34.9 Å². The van der Waals surface area contributed by atoms with E-state index in [0.29, 0.717) is 17.0 Å². The minimum atomic E-state index is -2.28. The quantitative estimate of drug-likeness (QED) is 0.315. The fourth-order valence-electron chi connectivity index (χ4n) is 3.36. The summed E-state index contributed by atoms with van der Waals surface area (Å²) in [6.45, 7) is 1.56. The van der Waals surface area contributed by atoms with E-state index in [4.69, 9.17) is 40.3 Å². The molecule has 2 aromatic heterocycles. The molecule has 0 spiro atoms. The van der Waals surface area contributed by atoms with Gasteiger partial charge in [-0.2, -0.15) is 5.26 Å². The van der Waals surface area contributed by atoms with Crippen molar-refractivity contribution in [2.75, 3.05) is 5.32 Å². The Balaban J connectivity index is 2.08. The van der Waals surface area contributed by atoms with Crippen LogP contribution in [0.15, 0.2) is 53.9 Å². The van der Waals surface area contributed by atoms with Gasteiger partial charge in [0.15, 0.2) is 13.7 Å². The van der Waals surface area contributed by atoms with Gasteiger partial charge in [-0.05, 0) is 42.5 Å². The minimum Gasteiger partial charge on any atom is -0.390 e. The van der Waals surface area contributed by atoms with Crippen LogP contribution < -0.4 is 16.8 Å². The van der Waals surface area contributed by atoms with Crippen molar-refractivity contribution in [1.82, 2.24) is 14.9 Å². The van der Waals surface area contributed by atoms with E-state index in [0.717, 1.165) is 11.1 Å². The third-order valence-electron chi connectivity index (χ3n) is 4.77. The van der Waals surface area contributed by atoms with Crippen LogP contribution in [0.5, 0.6) is 0 Å². The first-order valence-corrected chi connectivity index (χ1v) is 9.06. The molecule has 0 bridgehead atoms. The van der Waals surface area contributed by atoms with E-state index in [1.807, 2.05) is 0 Å². The zero-order chi connectivity index (χ0) is 23.0. The highest BCUT2D eigenvalue weighted by Crippen LogP contribution is 2.40. The van der Waals surface area contributed by atoms with Crippen LogP contribution in [0.25, 0.3) is 0 Å². The third-order valence-corrected chi connectivity index (χ3v) is 4.77. The predicted octanol–water partition coefficient (Wildman–Crippen LogP) is 0.0357. The Labute approximate surface area is 183 Å². The number of hydrogen-bond acceptors (Lipinski definition) is 8. The van der Waals surface area contributed by atoms with Gasteiger partial charge in [-0.1, -0.05) is 0 Å². The highest BCUT2D eigenvalue weighted by atomic mass is 19.1. The molecule has 1 aliphatic rings. The monoisotopic (exact) mass is 411 g/mol. The molecule has 0 aliphatic carbocycles. The Morgan fingerprint density at radius 1 is 1.39 bits per heavy atom. The summed E-state index contributed by atoms with van der Waals surface area (Å²) in [7, 11) is 18.7. The molecular weight excluding hydrogens is 394 g/mol. The maximum atomic E-state index is 13.9. The summed E-state index contributed by atoms with van der Waals surface area (Å²) in [5, 5.41) is 21.3. The number of allylic oxidation sites excluding steroid dienone is 3. The van der Waals surface area contributed by atoms with Gasteiger partial charge in [-0.3, -0.25) is 9.97 Å². The summed E-state index contributed by atoms with van der Waals surface area (Å²) in [6.07, 6.45) is 5.20. The van der Waals surface area contributed by atoms with Gasteiger partial charge in [0.1, 0.15) is 23.2 Å². The molecular formula is C19H17B3FN7O. The molecule has 12 heteroatoms. The number of aliphatic hydroxyl groups is 1. The zero-order valence-electron chi connectivity index (χ0n) is 16.7. The fraction of sp³-hybridized carbons (Fsp3) is 0.211. The Kier molecular flexibility index (Phi) is 5.74. The number of nitrogens with two attached hydrogens (primary N) is 2. The highest BCUT2D eigenvalue weighted by molar-refractivity contribution is 6.40. The first-order valence-electron chi connectivity index (χ1n) is 9.06. The molecule has 1 atom stereocenters. The van der Waals surface area contributed by atoms with E-state index in [1.165, 1.54) is 30.6 Å². The summed E-state index contributed by atoms with van der Waals surface area (Å²) < 4.78 is 13.9. The Morgan fingerprint density at radius 3 is 2.74 bits per heavy atom. The van der Waals surface area contributed by atoms with Gasteiger partial charge < -0.3 is 26.8 Å². The van der Waals surface area contributed by atoms with Crippen molar-refractivity contribution in [3.8, 4) is 6.07 Å². The van der Waals surface area contributed by atoms with Crippen LogP contribution in [0, 0.1) is 17.1 Å². The Hall–Kier alpha value is -3.45. The number of anilines is 2. The van der Waals surface area contributed by atoms with Crippen LogP contribution in [-0.2, 0) is 12.0 Å². The van der Waals surface area contributed by atoms with E-state index in [9.17, 15) is 9.50 Å². The second-order valence-corrected chi connectivity index (χ2v) is 7.21. The normalized spacial score (nSPS) is 21.0. The van der Waals surface area contributed by atoms with Gasteiger partial charge in [0, 0.05) is 17.5 Å². The second-order valence-electron chi connectivity index (χ2n) is 7.21. The molecule has 1 aliphatic heterocycles. The molecule has 31 heavy (non-hydrogen) atoms. The lowest BCUT2D eigenvalue weighted by molar-refractivity contribution is -0.0496. The number of nitrogens with one attached hydrogen (secondary N) is 1. The van der Waals surface area contributed by atoms with Crippen molar-refractivity contribution < 1.29 is 9.50 Å². The molecule has 3 heterocycles. The average Bonchev–Trinajstić information content (AvgIpc) is 2.69. The molecule has 0 amide bonds. The van der Waals surface area contributed by atoms with Crippen molar-refractivity contribution in [2.45, 2.75) is 24.3 Å². The first kappa shape index (κ1) is 22.2. The van der Waals surface area contributed by atoms with Gasteiger partial charge in [0.2, 0.25) is 0 Å². The van der Waals surface area contributed by atoms with Crippen LogP contribution in [-0.4, -0.2) is 48.9 Å². The maximum absolute atomic E-state index is 13.9. The third kappa shape index (κ3) is 4.23. The summed E-state index contributed by atoms with van der Waals surface area (Å²) in [6, 6.07) is 4.70. The largest absolute Gasteiger partial charge is 0.390 e. The molecule has 1 unspecified atom stereocenters. The Morgan fingerprint density at radius 2 is 2.10 bits per heavy atom. The molecule has 8 nitrogen and oxygen atoms in total. The summed E-state index contributed by atoms with van der Waals surface area (Å²) >= 11 is 0. The SMILES string of the molecule is [B]C1([B])Cc2ncc(Nc3ccncc3F)cc2C([B])(O)N1/C(N)=C(C)/C=C(\N)C#N. The van der Waals surface area contributed by atoms with Crippen LogP contribution in [0.3, 0.4) is 0 Å². The summed E-state index contributed by atoms with van der Waals surface area (Å²) in [4.78, 5) is 8.99. The molecule has 0 saturated heterocycles. The molecule has 150 valence electrons. The molecule has 2 aromatic rings. The molecule has 0 aromatic carbocycles. The first-order chi connectivity index (χ1) is 14.5. The van der Waals surface area contributed by atoms with E-state index in [1.54, 1.807) is 13.0 Å². The maximum Gasteiger partial charge on any atom is 0.164 e. The second kappa shape index (κ2) is 8.00. The number of aromatic nitrogens is 2. The van der Waals surface area contributed by atoms with Crippen molar-refractivity contribution in [1.29, 1.82) is 5.26 Å². The topological polar surface area (TPSA) is 137 Å². The molecule has 3 rings (SSSR count). The van der Waals surface area contributed by atoms with Crippen molar-refractivity contribution in [3.63, 3.8) is 0 Å². The van der Waals surface area contributed by atoms with Gasteiger partial charge in [0.25, 0.3) is 0 Å². The van der Waals surface area contributed by atoms with Gasteiger partial charge in [-0.25, -0.2) is 4.39 Å². The molecule has 0 saturated carbocycles. The van der Waals surface area contributed by atoms with Crippen LogP contribution in [0.4, 0.5) is 15.8 Å². The van der Waals surface area contributed by atoms with E-state index >= 15 is 0 Å².